The van der Waals surface area contributed by atoms with Crippen molar-refractivity contribution in [3.8, 4) is 5.75 Å². The molecule has 0 spiro atoms. The molecule has 0 atom stereocenters. The summed E-state index contributed by atoms with van der Waals surface area (Å²) in [7, 11) is 0. The maximum absolute atomic E-state index is 12.6. The minimum absolute atomic E-state index is 0.166. The normalized spacial score (nSPS) is 20.3. The number of carbonyl (C=O) groups excluding carboxylic acids is 2. The Kier molecular flexibility index (Phi) is 5.94. The number of carbonyl (C=O) groups is 2. The maximum Gasteiger partial charge on any atom is 0.298 e. The van der Waals surface area contributed by atoms with E-state index in [1.165, 1.54) is 29.1 Å². The molecule has 0 unspecified atom stereocenters. The van der Waals surface area contributed by atoms with Crippen LogP contribution in [0.25, 0.3) is 6.08 Å². The smallest absolute Gasteiger partial charge is 0.298 e. The van der Waals surface area contributed by atoms with Gasteiger partial charge in [-0.1, -0.05) is 24.8 Å². The van der Waals surface area contributed by atoms with Crippen LogP contribution in [0.5, 0.6) is 5.75 Å². The number of nitrogens with one attached hydrogen (secondary N) is 1. The molecule has 3 rings (SSSR count). The fourth-order valence-electron chi connectivity index (χ4n) is 3.04. The van der Waals surface area contributed by atoms with Crippen molar-refractivity contribution in [1.29, 1.82) is 0 Å². The lowest BCUT2D eigenvalue weighted by Crippen LogP contribution is -3.14. The number of imide groups is 1. The van der Waals surface area contributed by atoms with Gasteiger partial charge in [0.2, 0.25) is 0 Å². The predicted octanol–water partition coefficient (Wildman–Crippen LogP) is 2.31. The summed E-state index contributed by atoms with van der Waals surface area (Å²) in [6.45, 7) is 6.62. The molecule has 0 aromatic heterocycles. The maximum atomic E-state index is 12.6. The number of hydrogen-bond donors (Lipinski definition) is 1. The van der Waals surface area contributed by atoms with Gasteiger partial charge in [0.05, 0.1) is 18.0 Å². The van der Waals surface area contributed by atoms with Gasteiger partial charge in [-0.25, -0.2) is 4.90 Å². The summed E-state index contributed by atoms with van der Waals surface area (Å²) >= 11 is 1.02. The SMILES string of the molecule is C=CCOc1ccc(/C=C2/SC(=O)N(C[NH+]3CCCCC3)C2=O)cc1. The molecule has 2 aliphatic heterocycles. The van der Waals surface area contributed by atoms with Crippen LogP contribution in [-0.4, -0.2) is 42.4 Å². The summed E-state index contributed by atoms with van der Waals surface area (Å²) in [5.74, 6) is 0.568. The van der Waals surface area contributed by atoms with Gasteiger partial charge in [0.15, 0.2) is 6.67 Å². The van der Waals surface area contributed by atoms with E-state index in [0.29, 0.717) is 18.2 Å². The summed E-state index contributed by atoms with van der Waals surface area (Å²) < 4.78 is 5.44. The fraction of sp³-hybridized carbons (Fsp3) is 0.368. The van der Waals surface area contributed by atoms with Gasteiger partial charge in [0, 0.05) is 0 Å². The van der Waals surface area contributed by atoms with Crippen LogP contribution in [-0.2, 0) is 4.79 Å². The molecule has 0 saturated carbocycles. The topological polar surface area (TPSA) is 51.0 Å². The number of hydrogen-bond acceptors (Lipinski definition) is 4. The highest BCUT2D eigenvalue weighted by Gasteiger charge is 2.37. The molecule has 2 fully saturated rings. The van der Waals surface area contributed by atoms with Gasteiger partial charge in [-0.2, -0.15) is 0 Å². The number of rotatable bonds is 6. The van der Waals surface area contributed by atoms with Crippen LogP contribution in [0.15, 0.2) is 41.8 Å². The number of piperidine rings is 1. The van der Waals surface area contributed by atoms with Crippen molar-refractivity contribution in [2.75, 3.05) is 26.4 Å². The van der Waals surface area contributed by atoms with Gasteiger partial charge in [0.1, 0.15) is 12.4 Å². The third-order valence-corrected chi connectivity index (χ3v) is 5.27. The number of likely N-dealkylation sites (tertiary alicyclic amines) is 1. The third-order valence-electron chi connectivity index (χ3n) is 4.36. The molecular weight excluding hydrogens is 336 g/mol. The Labute approximate surface area is 152 Å². The van der Waals surface area contributed by atoms with Crippen LogP contribution in [0, 0.1) is 0 Å². The molecule has 0 radical (unpaired) electrons. The number of ether oxygens (including phenoxy) is 1. The van der Waals surface area contributed by atoms with Gasteiger partial charge < -0.3 is 9.64 Å². The van der Waals surface area contributed by atoms with Crippen molar-refractivity contribution in [1.82, 2.24) is 4.90 Å². The Balaban J connectivity index is 1.66. The molecule has 0 aliphatic carbocycles. The molecular formula is C19H23N2O3S+. The van der Waals surface area contributed by atoms with E-state index in [-0.39, 0.29) is 11.1 Å². The van der Waals surface area contributed by atoms with E-state index in [0.717, 1.165) is 36.2 Å². The first-order chi connectivity index (χ1) is 12.2. The summed E-state index contributed by atoms with van der Waals surface area (Å²) in [5, 5.41) is -0.166. The first kappa shape index (κ1) is 17.8. The van der Waals surface area contributed by atoms with E-state index in [1.54, 1.807) is 12.2 Å². The van der Waals surface area contributed by atoms with E-state index in [1.807, 2.05) is 24.3 Å². The highest BCUT2D eigenvalue weighted by molar-refractivity contribution is 8.18. The lowest BCUT2D eigenvalue weighted by Gasteiger charge is -2.26. The van der Waals surface area contributed by atoms with Crippen LogP contribution in [0.4, 0.5) is 4.79 Å². The van der Waals surface area contributed by atoms with Crippen LogP contribution in [0.2, 0.25) is 0 Å². The molecule has 0 bridgehead atoms. The van der Waals surface area contributed by atoms with Crippen molar-refractivity contribution in [2.45, 2.75) is 19.3 Å². The molecule has 6 heteroatoms. The summed E-state index contributed by atoms with van der Waals surface area (Å²) in [4.78, 5) is 28.0. The molecule has 1 aromatic carbocycles. The largest absolute Gasteiger partial charge is 0.490 e. The van der Waals surface area contributed by atoms with Crippen molar-refractivity contribution in [3.05, 3.63) is 47.4 Å². The van der Waals surface area contributed by atoms with Crippen molar-refractivity contribution in [2.24, 2.45) is 0 Å². The average molecular weight is 359 g/mol. The molecule has 132 valence electrons. The van der Waals surface area contributed by atoms with E-state index < -0.39 is 0 Å². The Morgan fingerprint density at radius 2 is 1.88 bits per heavy atom. The van der Waals surface area contributed by atoms with Gasteiger partial charge in [-0.15, -0.1) is 0 Å². The van der Waals surface area contributed by atoms with Gasteiger partial charge in [0.25, 0.3) is 11.1 Å². The average Bonchev–Trinajstić information content (AvgIpc) is 2.89. The minimum Gasteiger partial charge on any atom is -0.490 e. The zero-order valence-electron chi connectivity index (χ0n) is 14.2. The number of quaternary nitrogens is 1. The van der Waals surface area contributed by atoms with E-state index in [2.05, 4.69) is 6.58 Å². The monoisotopic (exact) mass is 359 g/mol. The van der Waals surface area contributed by atoms with Crippen molar-refractivity contribution in [3.63, 3.8) is 0 Å². The van der Waals surface area contributed by atoms with E-state index in [9.17, 15) is 9.59 Å². The third kappa shape index (κ3) is 4.52. The minimum atomic E-state index is -0.181. The van der Waals surface area contributed by atoms with Crippen LogP contribution in [0.1, 0.15) is 24.8 Å². The summed E-state index contributed by atoms with van der Waals surface area (Å²) in [6, 6.07) is 7.44. The molecule has 25 heavy (non-hydrogen) atoms. The first-order valence-corrected chi connectivity index (χ1v) is 9.42. The van der Waals surface area contributed by atoms with Crippen LogP contribution >= 0.6 is 11.8 Å². The zero-order chi connectivity index (χ0) is 17.6. The van der Waals surface area contributed by atoms with Crippen LogP contribution in [0.3, 0.4) is 0 Å². The fourth-order valence-corrected chi connectivity index (χ4v) is 3.87. The molecule has 5 nitrogen and oxygen atoms in total. The Hall–Kier alpha value is -2.05. The molecule has 2 amide bonds. The second-order valence-corrected chi connectivity index (χ2v) is 7.24. The first-order valence-electron chi connectivity index (χ1n) is 8.60. The lowest BCUT2D eigenvalue weighted by molar-refractivity contribution is -0.912. The molecule has 1 aromatic rings. The molecule has 2 saturated heterocycles. The lowest BCUT2D eigenvalue weighted by atomic mass is 10.1. The molecule has 2 aliphatic rings. The standard InChI is InChI=1S/C19H22N2O3S/c1-2-12-24-16-8-6-15(7-9-16)13-17-18(22)21(19(23)25-17)14-20-10-4-3-5-11-20/h2,6-9,13H,1,3-5,10-12,14H2/p+1/b17-13+. The van der Waals surface area contributed by atoms with E-state index >= 15 is 0 Å². The predicted molar refractivity (Wildman–Crippen MR) is 99.4 cm³/mol. The second-order valence-electron chi connectivity index (χ2n) is 6.25. The Morgan fingerprint density at radius 1 is 1.16 bits per heavy atom. The van der Waals surface area contributed by atoms with Gasteiger partial charge >= 0.3 is 0 Å². The summed E-state index contributed by atoms with van der Waals surface area (Å²) in [5.41, 5.74) is 0.877. The van der Waals surface area contributed by atoms with E-state index in [4.69, 9.17) is 4.74 Å². The molecule has 2 heterocycles. The quantitative estimate of drug-likeness (QED) is 0.626. The zero-order valence-corrected chi connectivity index (χ0v) is 15.0. The summed E-state index contributed by atoms with van der Waals surface area (Å²) in [6.07, 6.45) is 7.04. The second kappa shape index (κ2) is 8.36. The van der Waals surface area contributed by atoms with Crippen molar-refractivity contribution >= 4 is 29.0 Å². The number of amides is 2. The van der Waals surface area contributed by atoms with Crippen molar-refractivity contribution < 1.29 is 19.2 Å². The number of benzene rings is 1. The highest BCUT2D eigenvalue weighted by Crippen LogP contribution is 2.31. The Bertz CT molecular complexity index is 678. The van der Waals surface area contributed by atoms with Gasteiger partial charge in [-0.3, -0.25) is 9.59 Å². The number of thioether (sulfide) groups is 1. The molecule has 1 N–H and O–H groups in total. The highest BCUT2D eigenvalue weighted by atomic mass is 32.2. The Morgan fingerprint density at radius 3 is 2.56 bits per heavy atom. The van der Waals surface area contributed by atoms with Gasteiger partial charge in [-0.05, 0) is 54.8 Å². The van der Waals surface area contributed by atoms with Crippen LogP contribution < -0.4 is 9.64 Å². The number of nitrogens with zero attached hydrogens (tertiary/aromatic N) is 1.